The molecule has 5 nitrogen and oxygen atoms in total. The standard InChI is InChI=1S/C11H16N2O3S/c1-4-7-12-8(10(14)15-5-2)9(13-7)11(17)16-6-3/h4-6H2,1-3H3,(H,12,13). The highest BCUT2D eigenvalue weighted by molar-refractivity contribution is 7.80. The molecule has 0 saturated heterocycles. The molecule has 1 heterocycles. The maximum atomic E-state index is 11.7. The van der Waals surface area contributed by atoms with E-state index < -0.39 is 5.97 Å². The Morgan fingerprint density at radius 2 is 1.94 bits per heavy atom. The molecule has 1 N–H and O–H groups in total. The maximum absolute atomic E-state index is 11.7. The normalized spacial score (nSPS) is 10.1. The van der Waals surface area contributed by atoms with Crippen LogP contribution in [-0.4, -0.2) is 34.2 Å². The van der Waals surface area contributed by atoms with Gasteiger partial charge in [0.2, 0.25) is 5.05 Å². The quantitative estimate of drug-likeness (QED) is 0.643. The Hall–Kier alpha value is -1.43. The van der Waals surface area contributed by atoms with Crippen LogP contribution in [0.5, 0.6) is 0 Å². The number of ether oxygens (including phenoxy) is 2. The predicted octanol–water partition coefficient (Wildman–Crippen LogP) is 1.86. The van der Waals surface area contributed by atoms with E-state index >= 15 is 0 Å². The minimum atomic E-state index is -0.486. The number of rotatable bonds is 5. The molecule has 0 aromatic carbocycles. The number of hydrogen-bond acceptors (Lipinski definition) is 5. The summed E-state index contributed by atoms with van der Waals surface area (Å²) in [6.45, 7) is 6.25. The summed E-state index contributed by atoms with van der Waals surface area (Å²) < 4.78 is 10.1. The van der Waals surface area contributed by atoms with E-state index in [1.807, 2.05) is 13.8 Å². The summed E-state index contributed by atoms with van der Waals surface area (Å²) in [5.74, 6) is 0.200. The van der Waals surface area contributed by atoms with Crippen molar-refractivity contribution < 1.29 is 14.3 Å². The number of aromatic amines is 1. The van der Waals surface area contributed by atoms with Crippen molar-refractivity contribution in [1.82, 2.24) is 9.97 Å². The Balaban J connectivity index is 3.05. The van der Waals surface area contributed by atoms with Crippen molar-refractivity contribution in [3.63, 3.8) is 0 Å². The van der Waals surface area contributed by atoms with Crippen LogP contribution in [0.1, 0.15) is 42.8 Å². The van der Waals surface area contributed by atoms with Gasteiger partial charge in [-0.2, -0.15) is 0 Å². The zero-order chi connectivity index (χ0) is 12.8. The van der Waals surface area contributed by atoms with Crippen molar-refractivity contribution in [1.29, 1.82) is 0 Å². The molecule has 0 bridgehead atoms. The van der Waals surface area contributed by atoms with E-state index in [0.29, 0.717) is 31.2 Å². The van der Waals surface area contributed by atoms with Crippen molar-refractivity contribution in [2.24, 2.45) is 0 Å². The zero-order valence-electron chi connectivity index (χ0n) is 10.2. The van der Waals surface area contributed by atoms with Crippen LogP contribution < -0.4 is 0 Å². The molecule has 0 unspecified atom stereocenters. The van der Waals surface area contributed by atoms with Crippen molar-refractivity contribution in [2.75, 3.05) is 13.2 Å². The van der Waals surface area contributed by atoms with Gasteiger partial charge >= 0.3 is 5.97 Å². The van der Waals surface area contributed by atoms with Crippen LogP contribution in [0, 0.1) is 0 Å². The van der Waals surface area contributed by atoms with Crippen molar-refractivity contribution in [2.45, 2.75) is 27.2 Å². The van der Waals surface area contributed by atoms with Crippen LogP contribution in [-0.2, 0) is 15.9 Å². The Morgan fingerprint density at radius 1 is 1.29 bits per heavy atom. The lowest BCUT2D eigenvalue weighted by Crippen LogP contribution is -2.13. The largest absolute Gasteiger partial charge is 0.482 e. The van der Waals surface area contributed by atoms with Gasteiger partial charge < -0.3 is 14.5 Å². The van der Waals surface area contributed by atoms with E-state index in [1.54, 1.807) is 6.92 Å². The molecule has 0 radical (unpaired) electrons. The minimum absolute atomic E-state index is 0.196. The maximum Gasteiger partial charge on any atom is 0.359 e. The Kier molecular flexibility index (Phi) is 5.09. The number of aromatic nitrogens is 2. The number of nitrogens with one attached hydrogen (secondary N) is 1. The van der Waals surface area contributed by atoms with Crippen molar-refractivity contribution in [3.8, 4) is 0 Å². The first kappa shape index (κ1) is 13.6. The highest BCUT2D eigenvalue weighted by Crippen LogP contribution is 2.11. The van der Waals surface area contributed by atoms with Crippen LogP contribution in [0.4, 0.5) is 0 Å². The smallest absolute Gasteiger partial charge is 0.359 e. The van der Waals surface area contributed by atoms with E-state index in [0.717, 1.165) is 0 Å². The van der Waals surface area contributed by atoms with Gasteiger partial charge in [0.25, 0.3) is 0 Å². The number of carbonyl (C=O) groups is 1. The van der Waals surface area contributed by atoms with Gasteiger partial charge in [0.1, 0.15) is 11.5 Å². The third-order valence-corrected chi connectivity index (χ3v) is 2.36. The number of aryl methyl sites for hydroxylation is 1. The van der Waals surface area contributed by atoms with Gasteiger partial charge in [-0.1, -0.05) is 6.92 Å². The molecule has 1 rings (SSSR count). The molecule has 1 aromatic heterocycles. The molecule has 0 aliphatic carbocycles. The van der Waals surface area contributed by atoms with Gasteiger partial charge in [-0.15, -0.1) is 0 Å². The predicted molar refractivity (Wildman–Crippen MR) is 67.2 cm³/mol. The SMILES string of the molecule is CCOC(=O)c1nc(CC)[nH]c1C(=S)OCC. The van der Waals surface area contributed by atoms with E-state index in [9.17, 15) is 4.79 Å². The van der Waals surface area contributed by atoms with Gasteiger partial charge in [-0.25, -0.2) is 9.78 Å². The molecule has 94 valence electrons. The van der Waals surface area contributed by atoms with Crippen LogP contribution in [0.25, 0.3) is 0 Å². The first-order valence-electron chi connectivity index (χ1n) is 5.57. The Morgan fingerprint density at radius 3 is 2.47 bits per heavy atom. The summed E-state index contributed by atoms with van der Waals surface area (Å²) in [7, 11) is 0. The fraction of sp³-hybridized carbons (Fsp3) is 0.545. The summed E-state index contributed by atoms with van der Waals surface area (Å²) in [5.41, 5.74) is 0.624. The first-order chi connectivity index (χ1) is 8.13. The van der Waals surface area contributed by atoms with Crippen LogP contribution in [0.2, 0.25) is 0 Å². The molecule has 0 fully saturated rings. The second-order valence-corrected chi connectivity index (χ2v) is 3.57. The van der Waals surface area contributed by atoms with Crippen LogP contribution in [0.15, 0.2) is 0 Å². The summed E-state index contributed by atoms with van der Waals surface area (Å²) in [5, 5.41) is 0.239. The third kappa shape index (κ3) is 3.26. The third-order valence-electron chi connectivity index (χ3n) is 2.04. The van der Waals surface area contributed by atoms with Gasteiger partial charge in [-0.3, -0.25) is 0 Å². The molecule has 17 heavy (non-hydrogen) atoms. The average Bonchev–Trinajstić information content (AvgIpc) is 2.73. The fourth-order valence-corrected chi connectivity index (χ4v) is 1.55. The Bertz CT molecular complexity index is 379. The molecule has 0 atom stereocenters. The highest BCUT2D eigenvalue weighted by Gasteiger charge is 2.21. The van der Waals surface area contributed by atoms with Crippen molar-refractivity contribution in [3.05, 3.63) is 17.2 Å². The van der Waals surface area contributed by atoms with Crippen LogP contribution in [0.3, 0.4) is 0 Å². The average molecular weight is 256 g/mol. The van der Waals surface area contributed by atoms with E-state index in [2.05, 4.69) is 9.97 Å². The number of esters is 1. The van der Waals surface area contributed by atoms with Crippen LogP contribution >= 0.6 is 12.2 Å². The highest BCUT2D eigenvalue weighted by atomic mass is 32.1. The number of H-pyrrole nitrogens is 1. The molecular formula is C11H16N2O3S. The summed E-state index contributed by atoms with van der Waals surface area (Å²) in [6.07, 6.45) is 0.682. The van der Waals surface area contributed by atoms with E-state index in [1.165, 1.54) is 0 Å². The summed E-state index contributed by atoms with van der Waals surface area (Å²) in [6, 6.07) is 0. The van der Waals surface area contributed by atoms with Gasteiger partial charge in [0, 0.05) is 6.42 Å². The monoisotopic (exact) mass is 256 g/mol. The fourth-order valence-electron chi connectivity index (χ4n) is 1.29. The first-order valence-corrected chi connectivity index (χ1v) is 5.97. The summed E-state index contributed by atoms with van der Waals surface area (Å²) >= 11 is 5.07. The van der Waals surface area contributed by atoms with Crippen molar-refractivity contribution >= 4 is 23.2 Å². The molecule has 0 aliphatic rings. The molecule has 0 aliphatic heterocycles. The zero-order valence-corrected chi connectivity index (χ0v) is 11.0. The topological polar surface area (TPSA) is 64.2 Å². The molecule has 1 aromatic rings. The second-order valence-electron chi connectivity index (χ2n) is 3.20. The van der Waals surface area contributed by atoms with Gasteiger partial charge in [0.05, 0.1) is 13.2 Å². The lowest BCUT2D eigenvalue weighted by atomic mass is 10.3. The molecule has 0 spiro atoms. The lowest BCUT2D eigenvalue weighted by molar-refractivity contribution is 0.0519. The number of thiocarbonyl (C=S) groups is 1. The molecule has 0 saturated carbocycles. The number of imidazole rings is 1. The number of carbonyl (C=O) groups excluding carboxylic acids is 1. The molecular weight excluding hydrogens is 240 g/mol. The minimum Gasteiger partial charge on any atom is -0.482 e. The van der Waals surface area contributed by atoms with E-state index in [-0.39, 0.29) is 10.7 Å². The number of hydrogen-bond donors (Lipinski definition) is 1. The van der Waals surface area contributed by atoms with Gasteiger partial charge in [0.15, 0.2) is 5.69 Å². The lowest BCUT2D eigenvalue weighted by Gasteiger charge is -2.04. The summed E-state index contributed by atoms with van der Waals surface area (Å²) in [4.78, 5) is 18.8. The second kappa shape index (κ2) is 6.34. The van der Waals surface area contributed by atoms with Gasteiger partial charge in [-0.05, 0) is 26.1 Å². The Labute approximate surface area is 106 Å². The molecule has 0 amide bonds. The number of nitrogens with zero attached hydrogens (tertiary/aromatic N) is 1. The molecule has 6 heteroatoms. The van der Waals surface area contributed by atoms with E-state index in [4.69, 9.17) is 21.7 Å².